The lowest BCUT2D eigenvalue weighted by Crippen LogP contribution is -2.00. The zero-order valence-electron chi connectivity index (χ0n) is 8.87. The first-order chi connectivity index (χ1) is 7.70. The fourth-order valence-electron chi connectivity index (χ4n) is 1.19. The maximum Gasteiger partial charge on any atom is 0.238 e. The van der Waals surface area contributed by atoms with Crippen molar-refractivity contribution in [3.63, 3.8) is 0 Å². The van der Waals surface area contributed by atoms with Gasteiger partial charge in [0.15, 0.2) is 0 Å². The molecule has 0 aromatic heterocycles. The molecule has 0 saturated heterocycles. The van der Waals surface area contributed by atoms with Crippen molar-refractivity contribution in [2.75, 3.05) is 6.61 Å². The predicted molar refractivity (Wildman–Crippen MR) is 61.7 cm³/mol. The van der Waals surface area contributed by atoms with Crippen LogP contribution in [0.4, 0.5) is 0 Å². The molecule has 0 aliphatic rings. The third kappa shape index (κ3) is 5.33. The Bertz CT molecular complexity index is 313. The maximum atomic E-state index is 10.8. The summed E-state index contributed by atoms with van der Waals surface area (Å²) < 4.78 is 5.34. The highest BCUT2D eigenvalue weighted by Gasteiger charge is 2.10. The van der Waals surface area contributed by atoms with Crippen molar-refractivity contribution < 1.29 is 19.3 Å². The number of ether oxygens (including phenoxy) is 1. The third-order valence-electron chi connectivity index (χ3n) is 2.01. The van der Waals surface area contributed by atoms with Crippen LogP contribution in [0.25, 0.3) is 0 Å². The second-order valence-corrected chi connectivity index (χ2v) is 4.40. The Labute approximate surface area is 95.8 Å². The predicted octanol–water partition coefficient (Wildman–Crippen LogP) is 1.81. The molecule has 0 aliphatic carbocycles. The first-order valence-corrected chi connectivity index (χ1v) is 6.27. The van der Waals surface area contributed by atoms with E-state index in [-0.39, 0.29) is 6.42 Å². The first kappa shape index (κ1) is 13.3. The molecule has 0 bridgehead atoms. The Morgan fingerprint density at radius 2 is 1.94 bits per heavy atom. The number of carbonyl (C=O) groups excluding carboxylic acids is 1. The maximum absolute atomic E-state index is 10.8. The molecule has 5 heteroatoms. The van der Waals surface area contributed by atoms with Crippen molar-refractivity contribution >= 4 is 13.9 Å². The second-order valence-electron chi connectivity index (χ2n) is 3.32. The zero-order chi connectivity index (χ0) is 11.8. The average molecular weight is 242 g/mol. The van der Waals surface area contributed by atoms with Crippen LogP contribution in [0.15, 0.2) is 30.3 Å². The quantitative estimate of drug-likeness (QED) is 0.565. The van der Waals surface area contributed by atoms with Crippen LogP contribution in [0.5, 0.6) is 0 Å². The summed E-state index contributed by atoms with van der Waals surface area (Å²) >= 11 is 0. The molecule has 88 valence electrons. The first-order valence-electron chi connectivity index (χ1n) is 5.02. The highest BCUT2D eigenvalue weighted by molar-refractivity contribution is 7.64. The van der Waals surface area contributed by atoms with Crippen molar-refractivity contribution in [3.05, 3.63) is 35.9 Å². The molecule has 4 nitrogen and oxygen atoms in total. The van der Waals surface area contributed by atoms with E-state index in [9.17, 15) is 4.79 Å². The molecule has 1 aromatic rings. The summed E-state index contributed by atoms with van der Waals surface area (Å²) in [6.45, 7) is 0.964. The molecule has 0 unspecified atom stereocenters. The monoisotopic (exact) mass is 242 g/mol. The zero-order valence-corrected chi connectivity index (χ0v) is 9.77. The summed E-state index contributed by atoms with van der Waals surface area (Å²) in [5, 5.41) is 0. The molecular formula is C11H15O4P. The van der Waals surface area contributed by atoms with Gasteiger partial charge in [-0.05, 0) is 12.0 Å². The molecule has 0 aliphatic heterocycles. The molecule has 1 aromatic carbocycles. The summed E-state index contributed by atoms with van der Waals surface area (Å²) in [6, 6.07) is 9.74. The highest BCUT2D eigenvalue weighted by Crippen LogP contribution is 2.26. The smallest absolute Gasteiger partial charge is 0.238 e. The number of hydrogen-bond acceptors (Lipinski definition) is 4. The molecule has 0 saturated carbocycles. The molecule has 0 heterocycles. The summed E-state index contributed by atoms with van der Waals surface area (Å²) in [5.41, 5.74) is 0.582. The Morgan fingerprint density at radius 1 is 1.25 bits per heavy atom. The van der Waals surface area contributed by atoms with E-state index in [2.05, 4.69) is 0 Å². The largest absolute Gasteiger partial charge is 0.377 e. The van der Waals surface area contributed by atoms with Crippen LogP contribution in [0, 0.1) is 0 Å². The Morgan fingerprint density at radius 3 is 2.56 bits per heavy atom. The van der Waals surface area contributed by atoms with Crippen LogP contribution < -0.4 is 0 Å². The minimum absolute atomic E-state index is 0.160. The molecule has 0 spiro atoms. The van der Waals surface area contributed by atoms with E-state index in [4.69, 9.17) is 14.5 Å². The van der Waals surface area contributed by atoms with Gasteiger partial charge in [0.2, 0.25) is 13.9 Å². The van der Waals surface area contributed by atoms with Crippen LogP contribution in [-0.4, -0.2) is 21.9 Å². The number of carbonyl (C=O) groups is 1. The van der Waals surface area contributed by atoms with Gasteiger partial charge < -0.3 is 14.5 Å². The normalized spacial score (nSPS) is 10.7. The van der Waals surface area contributed by atoms with Crippen LogP contribution in [-0.2, 0) is 16.1 Å². The highest BCUT2D eigenvalue weighted by atomic mass is 31.2. The van der Waals surface area contributed by atoms with Gasteiger partial charge in [-0.1, -0.05) is 30.3 Å². The van der Waals surface area contributed by atoms with Crippen molar-refractivity contribution in [1.29, 1.82) is 0 Å². The van der Waals surface area contributed by atoms with Gasteiger partial charge in [0.25, 0.3) is 0 Å². The fraction of sp³-hybridized carbons (Fsp3) is 0.364. The van der Waals surface area contributed by atoms with Crippen LogP contribution in [0.1, 0.15) is 18.4 Å². The minimum Gasteiger partial charge on any atom is -0.377 e. The minimum atomic E-state index is -2.42. The van der Waals surface area contributed by atoms with E-state index in [1.165, 1.54) is 0 Å². The van der Waals surface area contributed by atoms with Gasteiger partial charge in [0.05, 0.1) is 6.61 Å². The fourth-order valence-corrected chi connectivity index (χ4v) is 1.55. The van der Waals surface area contributed by atoms with E-state index in [1.54, 1.807) is 0 Å². The van der Waals surface area contributed by atoms with Gasteiger partial charge in [-0.3, -0.25) is 4.79 Å². The van der Waals surface area contributed by atoms with Crippen molar-refractivity contribution in [2.24, 2.45) is 0 Å². The molecule has 0 fully saturated rings. The lowest BCUT2D eigenvalue weighted by molar-refractivity contribution is -0.113. The molecule has 2 N–H and O–H groups in total. The Kier molecular flexibility index (Phi) is 6.19. The van der Waals surface area contributed by atoms with E-state index in [0.717, 1.165) is 5.56 Å². The lowest BCUT2D eigenvalue weighted by Gasteiger charge is -2.04. The van der Waals surface area contributed by atoms with Gasteiger partial charge in [-0.15, -0.1) is 0 Å². The topological polar surface area (TPSA) is 66.8 Å². The van der Waals surface area contributed by atoms with Crippen molar-refractivity contribution in [2.45, 2.75) is 19.4 Å². The molecular weight excluding hydrogens is 227 g/mol. The molecule has 0 amide bonds. The van der Waals surface area contributed by atoms with E-state index in [1.807, 2.05) is 30.3 Å². The van der Waals surface area contributed by atoms with E-state index < -0.39 is 13.9 Å². The third-order valence-corrected chi connectivity index (χ3v) is 2.68. The summed E-state index contributed by atoms with van der Waals surface area (Å²) in [4.78, 5) is 28.0. The van der Waals surface area contributed by atoms with Crippen molar-refractivity contribution in [3.8, 4) is 0 Å². The molecule has 0 atom stereocenters. The van der Waals surface area contributed by atoms with E-state index in [0.29, 0.717) is 19.6 Å². The Balaban J connectivity index is 2.07. The van der Waals surface area contributed by atoms with E-state index >= 15 is 0 Å². The average Bonchev–Trinajstić information content (AvgIpc) is 2.29. The van der Waals surface area contributed by atoms with Gasteiger partial charge in [0, 0.05) is 13.0 Å². The summed E-state index contributed by atoms with van der Waals surface area (Å²) in [5.74, 6) is 0. The summed E-state index contributed by atoms with van der Waals surface area (Å²) in [7, 11) is -2.42. The van der Waals surface area contributed by atoms with Gasteiger partial charge in [-0.2, -0.15) is 0 Å². The number of hydrogen-bond donors (Lipinski definition) is 2. The SMILES string of the molecule is O=C(CCCOCc1ccccc1)P(O)O. The number of benzene rings is 1. The van der Waals surface area contributed by atoms with Crippen molar-refractivity contribution in [1.82, 2.24) is 0 Å². The molecule has 16 heavy (non-hydrogen) atoms. The van der Waals surface area contributed by atoms with Gasteiger partial charge in [0.1, 0.15) is 0 Å². The molecule has 0 radical (unpaired) electrons. The van der Waals surface area contributed by atoms with Crippen LogP contribution in [0.3, 0.4) is 0 Å². The van der Waals surface area contributed by atoms with Crippen LogP contribution >= 0.6 is 8.38 Å². The summed E-state index contributed by atoms with van der Waals surface area (Å²) in [6.07, 6.45) is 0.680. The number of rotatable bonds is 7. The van der Waals surface area contributed by atoms with Gasteiger partial charge in [-0.25, -0.2) is 0 Å². The lowest BCUT2D eigenvalue weighted by atomic mass is 10.2. The standard InChI is InChI=1S/C11H15O4P/c12-11(16(13)14)7-4-8-15-9-10-5-2-1-3-6-10/h1-3,5-6,13-14H,4,7-9H2. The van der Waals surface area contributed by atoms with Gasteiger partial charge >= 0.3 is 0 Å². The Hall–Kier alpha value is -0.800. The second kappa shape index (κ2) is 7.47. The molecule has 1 rings (SSSR count). The van der Waals surface area contributed by atoms with Crippen LogP contribution in [0.2, 0.25) is 0 Å².